The van der Waals surface area contributed by atoms with E-state index in [0.717, 1.165) is 19.0 Å². The largest absolute Gasteiger partial charge is 0.355 e. The number of benzene rings is 1. The molecule has 0 saturated carbocycles. The molecule has 1 aromatic carbocycles. The van der Waals surface area contributed by atoms with Gasteiger partial charge in [-0.3, -0.25) is 9.69 Å². The van der Waals surface area contributed by atoms with E-state index in [4.69, 9.17) is 0 Å². The Morgan fingerprint density at radius 2 is 1.95 bits per heavy atom. The van der Waals surface area contributed by atoms with Crippen molar-refractivity contribution < 1.29 is 4.79 Å². The Kier molecular flexibility index (Phi) is 5.60. The van der Waals surface area contributed by atoms with Crippen molar-refractivity contribution in [2.45, 2.75) is 39.2 Å². The first-order valence-corrected chi connectivity index (χ1v) is 7.76. The third kappa shape index (κ3) is 4.07. The van der Waals surface area contributed by atoms with Gasteiger partial charge < -0.3 is 5.32 Å². The molecule has 1 fully saturated rings. The highest BCUT2D eigenvalue weighted by Gasteiger charge is 2.26. The zero-order chi connectivity index (χ0) is 14.4. The first kappa shape index (κ1) is 15.0. The summed E-state index contributed by atoms with van der Waals surface area (Å²) in [7, 11) is 0. The Hall–Kier alpha value is -1.35. The second-order valence-corrected chi connectivity index (χ2v) is 5.74. The van der Waals surface area contributed by atoms with Crippen LogP contribution in [0.1, 0.15) is 32.3 Å². The molecule has 2 rings (SSSR count). The van der Waals surface area contributed by atoms with Crippen LogP contribution < -0.4 is 5.32 Å². The van der Waals surface area contributed by atoms with Gasteiger partial charge >= 0.3 is 0 Å². The maximum absolute atomic E-state index is 11.9. The first-order chi connectivity index (χ1) is 9.70. The number of amides is 1. The minimum atomic E-state index is 0.00706. The lowest BCUT2D eigenvalue weighted by molar-refractivity contribution is -0.126. The molecule has 0 spiro atoms. The minimum absolute atomic E-state index is 0.00706. The van der Waals surface area contributed by atoms with Crippen LogP contribution in [0.25, 0.3) is 0 Å². The molecule has 1 aromatic rings. The smallest absolute Gasteiger partial charge is 0.237 e. The number of carbonyl (C=O) groups is 1. The number of likely N-dealkylation sites (tertiary alicyclic amines) is 1. The number of hydrogen-bond acceptors (Lipinski definition) is 2. The van der Waals surface area contributed by atoms with E-state index in [0.29, 0.717) is 6.54 Å². The number of likely N-dealkylation sites (N-methyl/N-ethyl adjacent to an activating group) is 1. The molecule has 3 heteroatoms. The van der Waals surface area contributed by atoms with Crippen molar-refractivity contribution >= 4 is 5.91 Å². The summed E-state index contributed by atoms with van der Waals surface area (Å²) in [6, 6.07) is 10.7. The highest BCUT2D eigenvalue weighted by molar-refractivity contribution is 5.81. The summed E-state index contributed by atoms with van der Waals surface area (Å²) >= 11 is 0. The van der Waals surface area contributed by atoms with E-state index in [-0.39, 0.29) is 11.9 Å². The van der Waals surface area contributed by atoms with Crippen LogP contribution in [0.3, 0.4) is 0 Å². The van der Waals surface area contributed by atoms with Crippen LogP contribution in [0.4, 0.5) is 0 Å². The summed E-state index contributed by atoms with van der Waals surface area (Å²) in [5.74, 6) is 0.920. The van der Waals surface area contributed by atoms with E-state index in [1.165, 1.54) is 24.8 Å². The SMILES string of the molecule is CCNC(=O)[C@@H](C)N1CCC(Cc2ccccc2)CC1. The number of piperidine rings is 1. The molecule has 0 unspecified atom stereocenters. The van der Waals surface area contributed by atoms with E-state index < -0.39 is 0 Å². The van der Waals surface area contributed by atoms with Crippen LogP contribution in [-0.2, 0) is 11.2 Å². The monoisotopic (exact) mass is 274 g/mol. The number of nitrogens with one attached hydrogen (secondary N) is 1. The van der Waals surface area contributed by atoms with Gasteiger partial charge in [0, 0.05) is 6.54 Å². The van der Waals surface area contributed by atoms with E-state index in [1.807, 2.05) is 13.8 Å². The molecular formula is C17H26N2O. The Morgan fingerprint density at radius 3 is 2.55 bits per heavy atom. The maximum Gasteiger partial charge on any atom is 0.237 e. The zero-order valence-electron chi connectivity index (χ0n) is 12.6. The van der Waals surface area contributed by atoms with Crippen LogP contribution in [0.15, 0.2) is 30.3 Å². The molecule has 0 aliphatic carbocycles. The summed E-state index contributed by atoms with van der Waals surface area (Å²) in [5.41, 5.74) is 1.43. The zero-order valence-corrected chi connectivity index (χ0v) is 12.6. The van der Waals surface area contributed by atoms with Crippen molar-refractivity contribution in [3.05, 3.63) is 35.9 Å². The molecule has 0 aromatic heterocycles. The molecule has 1 amide bonds. The van der Waals surface area contributed by atoms with Gasteiger partial charge in [-0.1, -0.05) is 30.3 Å². The van der Waals surface area contributed by atoms with Gasteiger partial charge in [-0.15, -0.1) is 0 Å². The van der Waals surface area contributed by atoms with Crippen molar-refractivity contribution in [3.63, 3.8) is 0 Å². The predicted molar refractivity (Wildman–Crippen MR) is 82.6 cm³/mol. The molecule has 0 bridgehead atoms. The fraction of sp³-hybridized carbons (Fsp3) is 0.588. The van der Waals surface area contributed by atoms with E-state index in [9.17, 15) is 4.79 Å². The van der Waals surface area contributed by atoms with E-state index in [1.54, 1.807) is 0 Å². The molecule has 1 aliphatic rings. The topological polar surface area (TPSA) is 32.3 Å². The number of hydrogen-bond donors (Lipinski definition) is 1. The van der Waals surface area contributed by atoms with Gasteiger partial charge in [0.05, 0.1) is 6.04 Å². The fourth-order valence-corrected chi connectivity index (χ4v) is 2.98. The quantitative estimate of drug-likeness (QED) is 0.894. The molecule has 3 nitrogen and oxygen atoms in total. The standard InChI is InChI=1S/C17H26N2O/c1-3-18-17(20)14(2)19-11-9-16(10-12-19)13-15-7-5-4-6-8-15/h4-8,14,16H,3,9-13H2,1-2H3,(H,18,20)/t14-/m1/s1. The average molecular weight is 274 g/mol. The summed E-state index contributed by atoms with van der Waals surface area (Å²) in [6.45, 7) is 6.78. The lowest BCUT2D eigenvalue weighted by Crippen LogP contribution is -2.48. The van der Waals surface area contributed by atoms with Crippen LogP contribution in [0.5, 0.6) is 0 Å². The van der Waals surface area contributed by atoms with Crippen molar-refractivity contribution in [1.82, 2.24) is 10.2 Å². The van der Waals surface area contributed by atoms with Gasteiger partial charge in [-0.2, -0.15) is 0 Å². The second-order valence-electron chi connectivity index (χ2n) is 5.74. The van der Waals surface area contributed by atoms with Crippen molar-refractivity contribution in [1.29, 1.82) is 0 Å². The van der Waals surface area contributed by atoms with E-state index in [2.05, 4.69) is 40.5 Å². The van der Waals surface area contributed by atoms with Crippen molar-refractivity contribution in [3.8, 4) is 0 Å². The first-order valence-electron chi connectivity index (χ1n) is 7.76. The van der Waals surface area contributed by atoms with E-state index >= 15 is 0 Å². The van der Waals surface area contributed by atoms with Gasteiger partial charge in [-0.25, -0.2) is 0 Å². The Balaban J connectivity index is 1.79. The maximum atomic E-state index is 11.9. The number of carbonyl (C=O) groups excluding carboxylic acids is 1. The lowest BCUT2D eigenvalue weighted by atomic mass is 9.89. The summed E-state index contributed by atoms with van der Waals surface area (Å²) in [4.78, 5) is 14.2. The summed E-state index contributed by atoms with van der Waals surface area (Å²) in [6.07, 6.45) is 3.56. The molecule has 1 N–H and O–H groups in total. The average Bonchev–Trinajstić information content (AvgIpc) is 2.48. The van der Waals surface area contributed by atoms with Crippen LogP contribution in [0.2, 0.25) is 0 Å². The second kappa shape index (κ2) is 7.44. The van der Waals surface area contributed by atoms with Crippen molar-refractivity contribution in [2.24, 2.45) is 5.92 Å². The summed E-state index contributed by atoms with van der Waals surface area (Å²) in [5, 5.41) is 2.91. The third-order valence-corrected chi connectivity index (χ3v) is 4.29. The summed E-state index contributed by atoms with van der Waals surface area (Å²) < 4.78 is 0. The Labute approximate surface area is 122 Å². The van der Waals surface area contributed by atoms with Gasteiger partial charge in [0.25, 0.3) is 0 Å². The Morgan fingerprint density at radius 1 is 1.30 bits per heavy atom. The molecule has 110 valence electrons. The minimum Gasteiger partial charge on any atom is -0.355 e. The fourth-order valence-electron chi connectivity index (χ4n) is 2.98. The van der Waals surface area contributed by atoms with Crippen LogP contribution in [0, 0.1) is 5.92 Å². The van der Waals surface area contributed by atoms with Gasteiger partial charge in [0.15, 0.2) is 0 Å². The number of nitrogens with zero attached hydrogens (tertiary/aromatic N) is 1. The Bertz CT molecular complexity index is 410. The van der Waals surface area contributed by atoms with Crippen LogP contribution in [-0.4, -0.2) is 36.5 Å². The molecule has 0 radical (unpaired) electrons. The molecule has 20 heavy (non-hydrogen) atoms. The molecular weight excluding hydrogens is 248 g/mol. The number of rotatable bonds is 5. The molecule has 1 saturated heterocycles. The molecule has 1 heterocycles. The lowest BCUT2D eigenvalue weighted by Gasteiger charge is -2.35. The molecule has 1 aliphatic heterocycles. The highest BCUT2D eigenvalue weighted by Crippen LogP contribution is 2.22. The van der Waals surface area contributed by atoms with Gasteiger partial charge in [0.1, 0.15) is 0 Å². The third-order valence-electron chi connectivity index (χ3n) is 4.29. The van der Waals surface area contributed by atoms with Gasteiger partial charge in [-0.05, 0) is 57.7 Å². The van der Waals surface area contributed by atoms with Crippen LogP contribution >= 0.6 is 0 Å². The predicted octanol–water partition coefficient (Wildman–Crippen LogP) is 2.47. The highest BCUT2D eigenvalue weighted by atomic mass is 16.2. The molecule has 1 atom stereocenters. The van der Waals surface area contributed by atoms with Gasteiger partial charge in [0.2, 0.25) is 5.91 Å². The normalized spacial score (nSPS) is 18.7. The van der Waals surface area contributed by atoms with Crippen molar-refractivity contribution in [2.75, 3.05) is 19.6 Å².